The van der Waals surface area contributed by atoms with Crippen LogP contribution in [-0.2, 0) is 0 Å². The Hall–Kier alpha value is -0.990. The zero-order chi connectivity index (χ0) is 18.7. The lowest BCUT2D eigenvalue weighted by molar-refractivity contribution is 0.131. The first kappa shape index (κ1) is 19.8. The van der Waals surface area contributed by atoms with E-state index in [4.69, 9.17) is 0 Å². The van der Waals surface area contributed by atoms with E-state index in [0.29, 0.717) is 5.56 Å². The molecule has 0 amide bonds. The molecule has 0 nitrogen and oxygen atoms in total. The van der Waals surface area contributed by atoms with Gasteiger partial charge in [0.25, 0.3) is 0 Å². The average molecular weight is 367 g/mol. The van der Waals surface area contributed by atoms with E-state index in [1.54, 1.807) is 0 Å². The second kappa shape index (κ2) is 8.80. The molecule has 3 rings (SSSR count). The fraction of sp³-hybridized carbons (Fsp3) is 0.739. The number of hydrogen-bond donors (Lipinski definition) is 0. The summed E-state index contributed by atoms with van der Waals surface area (Å²) in [5.41, 5.74) is 0.636. The molecule has 0 aromatic heterocycles. The molecule has 0 heterocycles. The lowest BCUT2D eigenvalue weighted by atomic mass is 9.66. The molecular formula is C23H33F3. The van der Waals surface area contributed by atoms with Crippen molar-refractivity contribution in [3.63, 3.8) is 0 Å². The van der Waals surface area contributed by atoms with Crippen molar-refractivity contribution >= 4 is 0 Å². The van der Waals surface area contributed by atoms with E-state index in [1.807, 2.05) is 0 Å². The maximum absolute atomic E-state index is 13.5. The second-order valence-electron chi connectivity index (χ2n) is 8.66. The first-order valence-corrected chi connectivity index (χ1v) is 10.7. The van der Waals surface area contributed by atoms with E-state index in [0.717, 1.165) is 49.4 Å². The molecule has 0 bridgehead atoms. The number of halogens is 3. The third-order valence-corrected chi connectivity index (χ3v) is 7.45. The van der Waals surface area contributed by atoms with Crippen LogP contribution in [0, 0.1) is 41.1 Å². The Labute approximate surface area is 156 Å². The maximum atomic E-state index is 13.5. The molecule has 0 radical (unpaired) electrons. The molecule has 2 fully saturated rings. The van der Waals surface area contributed by atoms with Gasteiger partial charge >= 0.3 is 0 Å². The Morgan fingerprint density at radius 2 is 1.23 bits per heavy atom. The number of benzene rings is 1. The van der Waals surface area contributed by atoms with Crippen LogP contribution in [0.2, 0.25) is 0 Å². The van der Waals surface area contributed by atoms with E-state index in [2.05, 4.69) is 13.8 Å². The van der Waals surface area contributed by atoms with Crippen LogP contribution in [0.25, 0.3) is 0 Å². The van der Waals surface area contributed by atoms with Gasteiger partial charge in [-0.05, 0) is 98.7 Å². The molecule has 26 heavy (non-hydrogen) atoms. The summed E-state index contributed by atoms with van der Waals surface area (Å²) in [6, 6.07) is 2.40. The molecule has 2 aliphatic rings. The molecule has 0 aliphatic heterocycles. The van der Waals surface area contributed by atoms with Gasteiger partial charge in [0.2, 0.25) is 0 Å². The molecule has 0 atom stereocenters. The van der Waals surface area contributed by atoms with Crippen LogP contribution in [0.4, 0.5) is 13.2 Å². The summed E-state index contributed by atoms with van der Waals surface area (Å²) in [7, 11) is 0. The topological polar surface area (TPSA) is 0 Å². The van der Waals surface area contributed by atoms with E-state index >= 15 is 0 Å². The van der Waals surface area contributed by atoms with Crippen molar-refractivity contribution in [2.75, 3.05) is 0 Å². The summed E-state index contributed by atoms with van der Waals surface area (Å²) < 4.78 is 40.2. The molecule has 2 saturated carbocycles. The van der Waals surface area contributed by atoms with Gasteiger partial charge in [-0.1, -0.05) is 26.7 Å². The molecule has 2 aliphatic carbocycles. The van der Waals surface area contributed by atoms with Crippen molar-refractivity contribution in [2.45, 2.75) is 84.0 Å². The lowest BCUT2D eigenvalue weighted by Crippen LogP contribution is -2.27. The van der Waals surface area contributed by atoms with E-state index in [9.17, 15) is 13.2 Å². The molecule has 3 heteroatoms. The van der Waals surface area contributed by atoms with Gasteiger partial charge in [-0.15, -0.1) is 0 Å². The van der Waals surface area contributed by atoms with Crippen molar-refractivity contribution in [3.8, 4) is 0 Å². The Morgan fingerprint density at radius 3 is 1.69 bits per heavy atom. The minimum absolute atomic E-state index is 0.178. The van der Waals surface area contributed by atoms with Crippen LogP contribution in [-0.4, -0.2) is 0 Å². The van der Waals surface area contributed by atoms with Crippen LogP contribution in [0.15, 0.2) is 12.1 Å². The van der Waals surface area contributed by atoms with Crippen molar-refractivity contribution in [1.29, 1.82) is 0 Å². The lowest BCUT2D eigenvalue weighted by Gasteiger charge is -2.39. The summed E-state index contributed by atoms with van der Waals surface area (Å²) in [5, 5.41) is 0. The smallest absolute Gasteiger partial charge is 0.194 e. The molecule has 146 valence electrons. The van der Waals surface area contributed by atoms with Crippen molar-refractivity contribution < 1.29 is 13.2 Å². The molecule has 0 saturated heterocycles. The highest BCUT2D eigenvalue weighted by Crippen LogP contribution is 2.45. The van der Waals surface area contributed by atoms with Crippen molar-refractivity contribution in [2.24, 2.45) is 23.7 Å². The number of hydrogen-bond acceptors (Lipinski definition) is 0. The van der Waals surface area contributed by atoms with Gasteiger partial charge in [-0.3, -0.25) is 0 Å². The summed E-state index contributed by atoms with van der Waals surface area (Å²) in [5.74, 6) is 0.141. The average Bonchev–Trinajstić information content (AvgIpc) is 2.67. The highest BCUT2D eigenvalue weighted by atomic mass is 19.2. The SMILES string of the molecule is CCC(CC)C1CCC(C2CCC(c3cc(F)c(F)c(F)c3)CC2)CC1. The molecule has 0 unspecified atom stereocenters. The Kier molecular flexibility index (Phi) is 6.69. The Morgan fingerprint density at radius 1 is 0.769 bits per heavy atom. The summed E-state index contributed by atoms with van der Waals surface area (Å²) >= 11 is 0. The van der Waals surface area contributed by atoms with Crippen molar-refractivity contribution in [3.05, 3.63) is 35.1 Å². The maximum Gasteiger partial charge on any atom is 0.194 e. The van der Waals surface area contributed by atoms with Crippen LogP contribution >= 0.6 is 0 Å². The Balaban J connectivity index is 1.52. The first-order valence-electron chi connectivity index (χ1n) is 10.7. The van der Waals surface area contributed by atoms with Gasteiger partial charge in [0.05, 0.1) is 0 Å². The summed E-state index contributed by atoms with van der Waals surface area (Å²) in [6.45, 7) is 4.64. The van der Waals surface area contributed by atoms with Gasteiger partial charge in [0, 0.05) is 0 Å². The van der Waals surface area contributed by atoms with Gasteiger partial charge in [0.1, 0.15) is 0 Å². The zero-order valence-electron chi connectivity index (χ0n) is 16.2. The van der Waals surface area contributed by atoms with Gasteiger partial charge in [-0.25, -0.2) is 13.2 Å². The van der Waals surface area contributed by atoms with Crippen LogP contribution in [0.3, 0.4) is 0 Å². The first-order chi connectivity index (χ1) is 12.5. The molecule has 0 spiro atoms. The minimum Gasteiger partial charge on any atom is -0.204 e. The second-order valence-corrected chi connectivity index (χ2v) is 8.66. The van der Waals surface area contributed by atoms with Gasteiger partial charge in [0.15, 0.2) is 17.5 Å². The molecule has 0 N–H and O–H groups in total. The van der Waals surface area contributed by atoms with Gasteiger partial charge in [-0.2, -0.15) is 0 Å². The summed E-state index contributed by atoms with van der Waals surface area (Å²) in [4.78, 5) is 0. The van der Waals surface area contributed by atoms with Crippen molar-refractivity contribution in [1.82, 2.24) is 0 Å². The quantitative estimate of drug-likeness (QED) is 0.470. The van der Waals surface area contributed by atoms with E-state index < -0.39 is 17.5 Å². The minimum atomic E-state index is -1.35. The van der Waals surface area contributed by atoms with Crippen LogP contribution in [0.5, 0.6) is 0 Å². The van der Waals surface area contributed by atoms with E-state index in [1.165, 1.54) is 50.7 Å². The fourth-order valence-corrected chi connectivity index (χ4v) is 5.78. The molecule has 1 aromatic rings. The highest BCUT2D eigenvalue weighted by molar-refractivity contribution is 5.23. The zero-order valence-corrected chi connectivity index (χ0v) is 16.2. The molecule has 1 aromatic carbocycles. The predicted octanol–water partition coefficient (Wildman–Crippen LogP) is 7.62. The highest BCUT2D eigenvalue weighted by Gasteiger charge is 2.33. The van der Waals surface area contributed by atoms with E-state index in [-0.39, 0.29) is 5.92 Å². The third kappa shape index (κ3) is 4.28. The molecular weight excluding hydrogens is 333 g/mol. The van der Waals surface area contributed by atoms with Crippen LogP contribution in [0.1, 0.15) is 89.5 Å². The number of rotatable bonds is 5. The largest absolute Gasteiger partial charge is 0.204 e. The monoisotopic (exact) mass is 366 g/mol. The third-order valence-electron chi connectivity index (χ3n) is 7.45. The fourth-order valence-electron chi connectivity index (χ4n) is 5.78. The standard InChI is InChI=1S/C23H33F3/c1-3-15(4-2)16-5-7-17(8-6-16)18-9-11-19(12-10-18)20-13-21(24)23(26)22(25)14-20/h13-19H,3-12H2,1-2H3. The van der Waals surface area contributed by atoms with Gasteiger partial charge < -0.3 is 0 Å². The Bertz CT molecular complexity index is 554. The normalized spacial score (nSPS) is 29.9. The predicted molar refractivity (Wildman–Crippen MR) is 101 cm³/mol. The van der Waals surface area contributed by atoms with Crippen LogP contribution < -0.4 is 0 Å². The summed E-state index contributed by atoms with van der Waals surface area (Å²) in [6.07, 6.45) is 12.3.